The third-order valence-electron chi connectivity index (χ3n) is 2.59. The fraction of sp³-hybridized carbons (Fsp3) is 0.538. The van der Waals surface area contributed by atoms with Gasteiger partial charge in [0.05, 0.1) is 13.2 Å². The Balaban J connectivity index is 2.52. The molecule has 0 amide bonds. The summed E-state index contributed by atoms with van der Waals surface area (Å²) in [5, 5.41) is 22.0. The molecule has 0 spiro atoms. The normalized spacial score (nSPS) is 14.4. The standard InChI is InChI=1S/C13H21NO3/c1-9(6-10(2)15)14-8-11-4-5-12(16)13(7-11)17-3/h4-5,7,9-10,14-16H,6,8H2,1-3H3. The summed E-state index contributed by atoms with van der Waals surface area (Å²) in [5.74, 6) is 0.626. The highest BCUT2D eigenvalue weighted by Gasteiger charge is 2.07. The van der Waals surface area contributed by atoms with E-state index in [1.165, 1.54) is 7.11 Å². The van der Waals surface area contributed by atoms with E-state index in [2.05, 4.69) is 5.32 Å². The second kappa shape index (κ2) is 6.47. The minimum absolute atomic E-state index is 0.147. The number of aromatic hydroxyl groups is 1. The van der Waals surface area contributed by atoms with Crippen molar-refractivity contribution in [2.75, 3.05) is 7.11 Å². The average molecular weight is 239 g/mol. The fourth-order valence-electron chi connectivity index (χ4n) is 1.72. The van der Waals surface area contributed by atoms with E-state index in [1.54, 1.807) is 19.1 Å². The van der Waals surface area contributed by atoms with Gasteiger partial charge in [0.15, 0.2) is 11.5 Å². The van der Waals surface area contributed by atoms with Crippen molar-refractivity contribution in [1.29, 1.82) is 0 Å². The molecule has 0 fully saturated rings. The molecular formula is C13H21NO3. The second-order valence-electron chi connectivity index (χ2n) is 4.37. The Morgan fingerprint density at radius 2 is 2.06 bits per heavy atom. The molecular weight excluding hydrogens is 218 g/mol. The Kier molecular flexibility index (Phi) is 5.25. The topological polar surface area (TPSA) is 61.7 Å². The first-order chi connectivity index (χ1) is 8.02. The molecule has 0 aromatic heterocycles. The summed E-state index contributed by atoms with van der Waals surface area (Å²) in [6, 6.07) is 5.52. The van der Waals surface area contributed by atoms with Crippen LogP contribution < -0.4 is 10.1 Å². The van der Waals surface area contributed by atoms with E-state index < -0.39 is 0 Å². The van der Waals surface area contributed by atoms with Gasteiger partial charge < -0.3 is 20.3 Å². The number of phenols is 1. The molecule has 0 saturated heterocycles. The highest BCUT2D eigenvalue weighted by molar-refractivity contribution is 5.41. The van der Waals surface area contributed by atoms with Gasteiger partial charge in [-0.05, 0) is 38.0 Å². The molecule has 3 N–H and O–H groups in total. The molecule has 0 radical (unpaired) electrons. The molecule has 0 aliphatic rings. The van der Waals surface area contributed by atoms with Crippen LogP contribution in [0.4, 0.5) is 0 Å². The molecule has 0 aliphatic heterocycles. The number of phenolic OH excluding ortho intramolecular Hbond substituents is 1. The van der Waals surface area contributed by atoms with E-state index in [9.17, 15) is 10.2 Å². The molecule has 96 valence electrons. The maximum Gasteiger partial charge on any atom is 0.160 e. The molecule has 0 aliphatic carbocycles. The van der Waals surface area contributed by atoms with Crippen molar-refractivity contribution in [3.8, 4) is 11.5 Å². The van der Waals surface area contributed by atoms with Gasteiger partial charge in [-0.15, -0.1) is 0 Å². The van der Waals surface area contributed by atoms with Crippen molar-refractivity contribution >= 4 is 0 Å². The van der Waals surface area contributed by atoms with Crippen LogP contribution >= 0.6 is 0 Å². The van der Waals surface area contributed by atoms with Crippen LogP contribution in [-0.4, -0.2) is 29.5 Å². The Morgan fingerprint density at radius 3 is 2.65 bits per heavy atom. The average Bonchev–Trinajstić information content (AvgIpc) is 2.27. The quantitative estimate of drug-likeness (QED) is 0.706. The zero-order valence-electron chi connectivity index (χ0n) is 10.6. The zero-order valence-corrected chi connectivity index (χ0v) is 10.6. The van der Waals surface area contributed by atoms with Gasteiger partial charge in [-0.3, -0.25) is 0 Å². The largest absolute Gasteiger partial charge is 0.504 e. The van der Waals surface area contributed by atoms with Crippen LogP contribution in [0.3, 0.4) is 0 Å². The summed E-state index contributed by atoms with van der Waals surface area (Å²) >= 11 is 0. The monoisotopic (exact) mass is 239 g/mol. The van der Waals surface area contributed by atoms with Crippen molar-refractivity contribution < 1.29 is 14.9 Å². The van der Waals surface area contributed by atoms with Gasteiger partial charge in [0, 0.05) is 12.6 Å². The SMILES string of the molecule is COc1cc(CNC(C)CC(C)O)ccc1O. The van der Waals surface area contributed by atoms with Crippen LogP contribution in [-0.2, 0) is 6.54 Å². The van der Waals surface area contributed by atoms with Crippen LogP contribution in [0.25, 0.3) is 0 Å². The lowest BCUT2D eigenvalue weighted by Crippen LogP contribution is -2.28. The second-order valence-corrected chi connectivity index (χ2v) is 4.37. The van der Waals surface area contributed by atoms with Gasteiger partial charge in [0.25, 0.3) is 0 Å². The van der Waals surface area contributed by atoms with Crippen LogP contribution in [0, 0.1) is 0 Å². The van der Waals surface area contributed by atoms with Crippen molar-refractivity contribution in [1.82, 2.24) is 5.32 Å². The van der Waals surface area contributed by atoms with Gasteiger partial charge in [-0.25, -0.2) is 0 Å². The lowest BCUT2D eigenvalue weighted by Gasteiger charge is -2.15. The first kappa shape index (κ1) is 13.8. The first-order valence-corrected chi connectivity index (χ1v) is 5.80. The Labute approximate surface area is 102 Å². The molecule has 1 rings (SSSR count). The van der Waals surface area contributed by atoms with Gasteiger partial charge in [-0.2, -0.15) is 0 Å². The molecule has 4 nitrogen and oxygen atoms in total. The number of hydrogen-bond acceptors (Lipinski definition) is 4. The van der Waals surface area contributed by atoms with Crippen molar-refractivity contribution in [3.63, 3.8) is 0 Å². The third kappa shape index (κ3) is 4.63. The summed E-state index contributed by atoms with van der Waals surface area (Å²) in [5.41, 5.74) is 1.04. The third-order valence-corrected chi connectivity index (χ3v) is 2.59. The van der Waals surface area contributed by atoms with E-state index >= 15 is 0 Å². The highest BCUT2D eigenvalue weighted by atomic mass is 16.5. The lowest BCUT2D eigenvalue weighted by atomic mass is 10.1. The lowest BCUT2D eigenvalue weighted by molar-refractivity contribution is 0.170. The number of aliphatic hydroxyl groups excluding tert-OH is 1. The van der Waals surface area contributed by atoms with Crippen molar-refractivity contribution in [2.24, 2.45) is 0 Å². The minimum atomic E-state index is -0.299. The van der Waals surface area contributed by atoms with Crippen LogP contribution in [0.5, 0.6) is 11.5 Å². The predicted molar refractivity (Wildman–Crippen MR) is 67.3 cm³/mol. The molecule has 1 aromatic carbocycles. The number of benzene rings is 1. The van der Waals surface area contributed by atoms with E-state index in [4.69, 9.17) is 4.74 Å². The smallest absolute Gasteiger partial charge is 0.160 e. The number of hydrogen-bond donors (Lipinski definition) is 3. The predicted octanol–water partition coefficient (Wildman–Crippen LogP) is 1.65. The van der Waals surface area contributed by atoms with Gasteiger partial charge in [-0.1, -0.05) is 6.07 Å². The van der Waals surface area contributed by atoms with Crippen LogP contribution in [0.1, 0.15) is 25.8 Å². The van der Waals surface area contributed by atoms with Crippen LogP contribution in [0.2, 0.25) is 0 Å². The minimum Gasteiger partial charge on any atom is -0.504 e. The Hall–Kier alpha value is -1.26. The summed E-state index contributed by atoms with van der Waals surface area (Å²) < 4.78 is 5.04. The zero-order chi connectivity index (χ0) is 12.8. The summed E-state index contributed by atoms with van der Waals surface area (Å²) in [6.45, 7) is 4.50. The molecule has 2 atom stereocenters. The molecule has 0 heterocycles. The molecule has 0 bridgehead atoms. The van der Waals surface area contributed by atoms with E-state index in [0.29, 0.717) is 12.3 Å². The summed E-state index contributed by atoms with van der Waals surface area (Å²) in [6.07, 6.45) is 0.418. The van der Waals surface area contributed by atoms with E-state index in [0.717, 1.165) is 12.0 Å². The molecule has 0 saturated carbocycles. The molecule has 1 aromatic rings. The van der Waals surface area contributed by atoms with Gasteiger partial charge in [0.2, 0.25) is 0 Å². The number of rotatable bonds is 6. The Bertz CT molecular complexity index is 353. The molecule has 2 unspecified atom stereocenters. The van der Waals surface area contributed by atoms with Gasteiger partial charge in [0.1, 0.15) is 0 Å². The van der Waals surface area contributed by atoms with Crippen LogP contribution in [0.15, 0.2) is 18.2 Å². The summed E-state index contributed by atoms with van der Waals surface area (Å²) in [7, 11) is 1.53. The number of nitrogens with one attached hydrogen (secondary N) is 1. The van der Waals surface area contributed by atoms with Gasteiger partial charge >= 0.3 is 0 Å². The number of aliphatic hydroxyl groups is 1. The van der Waals surface area contributed by atoms with Crippen molar-refractivity contribution in [2.45, 2.75) is 39.0 Å². The number of methoxy groups -OCH3 is 1. The van der Waals surface area contributed by atoms with E-state index in [-0.39, 0.29) is 17.9 Å². The number of ether oxygens (including phenoxy) is 1. The van der Waals surface area contributed by atoms with Crippen molar-refractivity contribution in [3.05, 3.63) is 23.8 Å². The van der Waals surface area contributed by atoms with E-state index in [1.807, 2.05) is 13.0 Å². The molecule has 17 heavy (non-hydrogen) atoms. The highest BCUT2D eigenvalue weighted by Crippen LogP contribution is 2.26. The maximum absolute atomic E-state index is 9.45. The summed E-state index contributed by atoms with van der Waals surface area (Å²) in [4.78, 5) is 0. The molecule has 4 heteroatoms. The fourth-order valence-corrected chi connectivity index (χ4v) is 1.72. The maximum atomic E-state index is 9.45. The Morgan fingerprint density at radius 1 is 1.35 bits per heavy atom. The first-order valence-electron chi connectivity index (χ1n) is 5.80.